The van der Waals surface area contributed by atoms with Crippen molar-refractivity contribution in [3.63, 3.8) is 0 Å². The van der Waals surface area contributed by atoms with Crippen LogP contribution in [0.2, 0.25) is 0 Å². The van der Waals surface area contributed by atoms with Crippen LogP contribution in [0, 0.1) is 0 Å². The normalized spacial score (nSPS) is 13.9. The van der Waals surface area contributed by atoms with Crippen LogP contribution in [0.15, 0.2) is 18.2 Å². The van der Waals surface area contributed by atoms with Crippen LogP contribution >= 0.6 is 0 Å². The van der Waals surface area contributed by atoms with Crippen LogP contribution in [0.5, 0.6) is 5.75 Å². The Morgan fingerprint density at radius 1 is 1.29 bits per heavy atom. The zero-order chi connectivity index (χ0) is 12.0. The molecule has 3 rings (SSSR count). The standard InChI is InChI=1S/C13H11NO3/c15-7-4-5-9-11(6-7)14-10-3-1-2-8(10)12(9)13(16)17/h4-6,15H,1-3H2,(H,16,17). The van der Waals surface area contributed by atoms with E-state index in [2.05, 4.69) is 4.98 Å². The first-order valence-electron chi connectivity index (χ1n) is 5.54. The molecule has 1 aliphatic rings. The number of carboxylic acid groups (broad SMARTS) is 1. The van der Waals surface area contributed by atoms with Gasteiger partial charge in [-0.05, 0) is 37.0 Å². The molecule has 0 fully saturated rings. The van der Waals surface area contributed by atoms with E-state index >= 15 is 0 Å². The molecular formula is C13H11NO3. The minimum Gasteiger partial charge on any atom is -0.508 e. The van der Waals surface area contributed by atoms with Crippen LogP contribution in [0.3, 0.4) is 0 Å². The van der Waals surface area contributed by atoms with Gasteiger partial charge in [0, 0.05) is 17.1 Å². The quantitative estimate of drug-likeness (QED) is 0.785. The molecule has 1 aromatic heterocycles. The predicted molar refractivity (Wildman–Crippen MR) is 62.4 cm³/mol. The molecule has 2 aromatic rings. The second-order valence-electron chi connectivity index (χ2n) is 4.27. The fraction of sp³-hybridized carbons (Fsp3) is 0.231. The summed E-state index contributed by atoms with van der Waals surface area (Å²) in [7, 11) is 0. The molecule has 1 aromatic carbocycles. The number of aryl methyl sites for hydroxylation is 1. The van der Waals surface area contributed by atoms with Crippen molar-refractivity contribution in [3.8, 4) is 5.75 Å². The summed E-state index contributed by atoms with van der Waals surface area (Å²) in [5, 5.41) is 19.4. The second kappa shape index (κ2) is 3.45. The zero-order valence-electron chi connectivity index (χ0n) is 9.10. The lowest BCUT2D eigenvalue weighted by Gasteiger charge is -2.08. The van der Waals surface area contributed by atoms with Crippen molar-refractivity contribution in [1.82, 2.24) is 4.98 Å². The van der Waals surface area contributed by atoms with Crippen molar-refractivity contribution in [3.05, 3.63) is 35.0 Å². The molecule has 0 saturated heterocycles. The van der Waals surface area contributed by atoms with E-state index in [1.54, 1.807) is 6.07 Å². The molecule has 0 saturated carbocycles. The van der Waals surface area contributed by atoms with Gasteiger partial charge in [0.1, 0.15) is 5.75 Å². The molecule has 17 heavy (non-hydrogen) atoms. The Balaban J connectivity index is 2.44. The van der Waals surface area contributed by atoms with Gasteiger partial charge in [0.2, 0.25) is 0 Å². The summed E-state index contributed by atoms with van der Waals surface area (Å²) in [6.45, 7) is 0. The highest BCUT2D eigenvalue weighted by Crippen LogP contribution is 2.31. The Kier molecular flexibility index (Phi) is 2.04. The number of phenolic OH excluding ortho intramolecular Hbond substituents is 1. The van der Waals surface area contributed by atoms with E-state index in [-0.39, 0.29) is 5.75 Å². The summed E-state index contributed by atoms with van der Waals surface area (Å²) in [5.41, 5.74) is 2.63. The molecule has 1 heterocycles. The van der Waals surface area contributed by atoms with Crippen molar-refractivity contribution in [2.24, 2.45) is 0 Å². The average molecular weight is 229 g/mol. The maximum Gasteiger partial charge on any atom is 0.336 e. The van der Waals surface area contributed by atoms with Crippen LogP contribution < -0.4 is 0 Å². The lowest BCUT2D eigenvalue weighted by Crippen LogP contribution is -2.05. The number of aromatic nitrogens is 1. The third-order valence-corrected chi connectivity index (χ3v) is 3.21. The van der Waals surface area contributed by atoms with Gasteiger partial charge >= 0.3 is 5.97 Å². The summed E-state index contributed by atoms with van der Waals surface area (Å²) < 4.78 is 0. The van der Waals surface area contributed by atoms with Gasteiger partial charge in [-0.3, -0.25) is 4.98 Å². The van der Waals surface area contributed by atoms with E-state index in [1.807, 2.05) is 0 Å². The highest BCUT2D eigenvalue weighted by atomic mass is 16.4. The van der Waals surface area contributed by atoms with Gasteiger partial charge in [-0.25, -0.2) is 4.79 Å². The van der Waals surface area contributed by atoms with E-state index in [1.165, 1.54) is 12.1 Å². The monoisotopic (exact) mass is 229 g/mol. The van der Waals surface area contributed by atoms with Crippen LogP contribution in [0.4, 0.5) is 0 Å². The molecule has 0 amide bonds. The average Bonchev–Trinajstić information content (AvgIpc) is 2.72. The van der Waals surface area contributed by atoms with E-state index in [0.717, 1.165) is 30.5 Å². The largest absolute Gasteiger partial charge is 0.508 e. The number of nitrogens with zero attached hydrogens (tertiary/aromatic N) is 1. The number of carbonyl (C=O) groups is 1. The number of carboxylic acids is 1. The number of hydrogen-bond donors (Lipinski definition) is 2. The lowest BCUT2D eigenvalue weighted by atomic mass is 10.0. The van der Waals surface area contributed by atoms with Crippen molar-refractivity contribution < 1.29 is 15.0 Å². The number of aromatic carboxylic acids is 1. The van der Waals surface area contributed by atoms with Crippen molar-refractivity contribution in [2.45, 2.75) is 19.3 Å². The number of phenols is 1. The van der Waals surface area contributed by atoms with Gasteiger partial charge < -0.3 is 10.2 Å². The predicted octanol–water partition coefficient (Wildman–Crippen LogP) is 2.13. The molecule has 2 N–H and O–H groups in total. The molecule has 0 atom stereocenters. The fourth-order valence-corrected chi connectivity index (χ4v) is 2.50. The molecule has 86 valence electrons. The Bertz CT molecular complexity index is 634. The number of aromatic hydroxyl groups is 1. The number of rotatable bonds is 1. The minimum atomic E-state index is -0.916. The number of benzene rings is 1. The molecule has 4 nitrogen and oxygen atoms in total. The SMILES string of the molecule is O=C(O)c1c2c(nc3cc(O)ccc13)CCC2. The first-order valence-corrected chi connectivity index (χ1v) is 5.54. The van der Waals surface area contributed by atoms with E-state index < -0.39 is 5.97 Å². The van der Waals surface area contributed by atoms with Gasteiger partial charge in [0.25, 0.3) is 0 Å². The number of fused-ring (bicyclic) bond motifs is 2. The zero-order valence-corrected chi connectivity index (χ0v) is 9.10. The first kappa shape index (κ1) is 10.1. The smallest absolute Gasteiger partial charge is 0.336 e. The van der Waals surface area contributed by atoms with Crippen molar-refractivity contribution >= 4 is 16.9 Å². The Labute approximate surface area is 97.5 Å². The second-order valence-corrected chi connectivity index (χ2v) is 4.27. The third-order valence-electron chi connectivity index (χ3n) is 3.21. The summed E-state index contributed by atoms with van der Waals surface area (Å²) in [5.74, 6) is -0.805. The van der Waals surface area contributed by atoms with Crippen LogP contribution in [0.25, 0.3) is 10.9 Å². The summed E-state index contributed by atoms with van der Waals surface area (Å²) in [4.78, 5) is 15.8. The van der Waals surface area contributed by atoms with Gasteiger partial charge in [0.05, 0.1) is 11.1 Å². The number of pyridine rings is 1. The highest BCUT2D eigenvalue weighted by molar-refractivity contribution is 6.04. The molecule has 1 aliphatic carbocycles. The van der Waals surface area contributed by atoms with E-state index in [9.17, 15) is 15.0 Å². The molecule has 0 radical (unpaired) electrons. The van der Waals surface area contributed by atoms with Crippen LogP contribution in [0.1, 0.15) is 28.0 Å². The van der Waals surface area contributed by atoms with Crippen LogP contribution in [-0.2, 0) is 12.8 Å². The Morgan fingerprint density at radius 2 is 2.12 bits per heavy atom. The topological polar surface area (TPSA) is 70.4 Å². The maximum absolute atomic E-state index is 11.4. The molecule has 0 spiro atoms. The van der Waals surface area contributed by atoms with E-state index in [4.69, 9.17) is 0 Å². The number of hydrogen-bond acceptors (Lipinski definition) is 3. The molecular weight excluding hydrogens is 218 g/mol. The third kappa shape index (κ3) is 1.45. The molecule has 0 bridgehead atoms. The lowest BCUT2D eigenvalue weighted by molar-refractivity contribution is 0.0698. The van der Waals surface area contributed by atoms with Crippen molar-refractivity contribution in [1.29, 1.82) is 0 Å². The Morgan fingerprint density at radius 3 is 2.88 bits per heavy atom. The maximum atomic E-state index is 11.4. The molecule has 4 heteroatoms. The van der Waals surface area contributed by atoms with E-state index in [0.29, 0.717) is 16.5 Å². The van der Waals surface area contributed by atoms with Gasteiger partial charge in [-0.2, -0.15) is 0 Å². The Hall–Kier alpha value is -2.10. The van der Waals surface area contributed by atoms with Crippen molar-refractivity contribution in [2.75, 3.05) is 0 Å². The molecule has 0 unspecified atom stereocenters. The summed E-state index contributed by atoms with van der Waals surface area (Å²) in [6.07, 6.45) is 2.55. The van der Waals surface area contributed by atoms with Gasteiger partial charge in [0.15, 0.2) is 0 Å². The minimum absolute atomic E-state index is 0.110. The fourth-order valence-electron chi connectivity index (χ4n) is 2.50. The van der Waals surface area contributed by atoms with Gasteiger partial charge in [-0.15, -0.1) is 0 Å². The van der Waals surface area contributed by atoms with Crippen LogP contribution in [-0.4, -0.2) is 21.2 Å². The summed E-state index contributed by atoms with van der Waals surface area (Å²) >= 11 is 0. The highest BCUT2D eigenvalue weighted by Gasteiger charge is 2.23. The first-order chi connectivity index (χ1) is 8.16. The summed E-state index contributed by atoms with van der Waals surface area (Å²) in [6, 6.07) is 4.64. The molecule has 0 aliphatic heterocycles. The van der Waals surface area contributed by atoms with Gasteiger partial charge in [-0.1, -0.05) is 0 Å².